The van der Waals surface area contributed by atoms with Gasteiger partial charge in [-0.15, -0.1) is 0 Å². The molecule has 0 aliphatic heterocycles. The van der Waals surface area contributed by atoms with Crippen LogP contribution in [0.5, 0.6) is 0 Å². The number of rotatable bonds is 5. The zero-order valence-corrected chi connectivity index (χ0v) is 12.9. The highest BCUT2D eigenvalue weighted by molar-refractivity contribution is 6.01. The van der Waals surface area contributed by atoms with Crippen LogP contribution in [0.2, 0.25) is 0 Å². The number of carbonyl (C=O) groups is 1. The Morgan fingerprint density at radius 2 is 1.71 bits per heavy atom. The van der Waals surface area contributed by atoms with Gasteiger partial charge in [0.05, 0.1) is 0 Å². The molecule has 0 unspecified atom stereocenters. The number of halogens is 2. The standard InChI is InChI=1S/C18H24F2O/c1-3-4-13-5-7-14(8-6-13)15-9-11-16(12-10-15)17(21)18(2,19)20/h9-14H,3-8H2,1-2H3/t13-,14-. The maximum absolute atomic E-state index is 13.0. The molecule has 1 aromatic rings. The van der Waals surface area contributed by atoms with Crippen molar-refractivity contribution in [2.24, 2.45) is 5.92 Å². The molecule has 116 valence electrons. The molecule has 1 aliphatic carbocycles. The zero-order chi connectivity index (χ0) is 15.5. The molecule has 0 saturated heterocycles. The monoisotopic (exact) mass is 294 g/mol. The number of Topliss-reactive ketones (excluding diaryl/α,β-unsaturated/α-hetero) is 1. The van der Waals surface area contributed by atoms with Gasteiger partial charge in [-0.2, -0.15) is 8.78 Å². The zero-order valence-electron chi connectivity index (χ0n) is 12.9. The summed E-state index contributed by atoms with van der Waals surface area (Å²) in [6.07, 6.45) is 7.41. The highest BCUT2D eigenvalue weighted by Gasteiger charge is 2.33. The lowest BCUT2D eigenvalue weighted by Crippen LogP contribution is -2.24. The van der Waals surface area contributed by atoms with E-state index in [4.69, 9.17) is 0 Å². The molecule has 21 heavy (non-hydrogen) atoms. The van der Waals surface area contributed by atoms with Crippen molar-refractivity contribution in [3.8, 4) is 0 Å². The molecule has 0 aromatic heterocycles. The van der Waals surface area contributed by atoms with Gasteiger partial charge >= 0.3 is 5.92 Å². The van der Waals surface area contributed by atoms with Crippen LogP contribution in [0, 0.1) is 5.92 Å². The first-order valence-corrected chi connectivity index (χ1v) is 7.94. The van der Waals surface area contributed by atoms with Gasteiger partial charge in [0, 0.05) is 12.5 Å². The van der Waals surface area contributed by atoms with Gasteiger partial charge in [-0.1, -0.05) is 44.0 Å². The van der Waals surface area contributed by atoms with Crippen LogP contribution >= 0.6 is 0 Å². The summed E-state index contributed by atoms with van der Waals surface area (Å²) < 4.78 is 26.0. The Hall–Kier alpha value is -1.25. The van der Waals surface area contributed by atoms with E-state index >= 15 is 0 Å². The van der Waals surface area contributed by atoms with Crippen molar-refractivity contribution in [3.05, 3.63) is 35.4 Å². The fraction of sp³-hybridized carbons (Fsp3) is 0.611. The molecule has 0 N–H and O–H groups in total. The van der Waals surface area contributed by atoms with E-state index in [9.17, 15) is 13.6 Å². The summed E-state index contributed by atoms with van der Waals surface area (Å²) in [5, 5.41) is 0. The summed E-state index contributed by atoms with van der Waals surface area (Å²) in [5.41, 5.74) is 1.28. The van der Waals surface area contributed by atoms with Crippen molar-refractivity contribution >= 4 is 5.78 Å². The molecule has 0 spiro atoms. The topological polar surface area (TPSA) is 17.1 Å². The van der Waals surface area contributed by atoms with Gasteiger partial charge in [-0.3, -0.25) is 4.79 Å². The Kier molecular flexibility index (Phi) is 5.13. The summed E-state index contributed by atoms with van der Waals surface area (Å²) in [7, 11) is 0. The SMILES string of the molecule is CCC[C@H]1CC[C@H](c2ccc(C(=O)C(C)(F)F)cc2)CC1. The van der Waals surface area contributed by atoms with E-state index in [2.05, 4.69) is 6.92 Å². The number of hydrogen-bond donors (Lipinski definition) is 0. The minimum atomic E-state index is -3.29. The van der Waals surface area contributed by atoms with Crippen molar-refractivity contribution in [2.45, 2.75) is 64.2 Å². The minimum absolute atomic E-state index is 0.103. The average Bonchev–Trinajstić information content (AvgIpc) is 2.47. The molecule has 0 atom stereocenters. The smallest absolute Gasteiger partial charge is 0.287 e. The fourth-order valence-electron chi connectivity index (χ4n) is 3.35. The van der Waals surface area contributed by atoms with Crippen molar-refractivity contribution in [1.82, 2.24) is 0 Å². The summed E-state index contributed by atoms with van der Waals surface area (Å²) in [6, 6.07) is 6.80. The summed E-state index contributed by atoms with van der Waals surface area (Å²) >= 11 is 0. The minimum Gasteiger partial charge on any atom is -0.287 e. The molecule has 1 fully saturated rings. The Labute approximate surface area is 125 Å². The molecule has 3 heteroatoms. The second kappa shape index (κ2) is 6.67. The number of alkyl halides is 2. The van der Waals surface area contributed by atoms with Crippen LogP contribution in [0.1, 0.15) is 74.2 Å². The summed E-state index contributed by atoms with van der Waals surface area (Å²) in [5.74, 6) is -3.02. The van der Waals surface area contributed by atoms with Gasteiger partial charge in [-0.05, 0) is 43.1 Å². The van der Waals surface area contributed by atoms with E-state index in [-0.39, 0.29) is 5.56 Å². The van der Waals surface area contributed by atoms with E-state index in [1.54, 1.807) is 12.1 Å². The molecule has 1 aromatic carbocycles. The largest absolute Gasteiger partial charge is 0.307 e. The second-order valence-corrected chi connectivity index (χ2v) is 6.35. The third-order valence-corrected chi connectivity index (χ3v) is 4.59. The van der Waals surface area contributed by atoms with Crippen molar-refractivity contribution in [1.29, 1.82) is 0 Å². The Morgan fingerprint density at radius 1 is 1.14 bits per heavy atom. The molecular formula is C18H24F2O. The number of carbonyl (C=O) groups excluding carboxylic acids is 1. The second-order valence-electron chi connectivity index (χ2n) is 6.35. The van der Waals surface area contributed by atoms with Gasteiger partial charge in [0.25, 0.3) is 0 Å². The van der Waals surface area contributed by atoms with Gasteiger partial charge in [-0.25, -0.2) is 0 Å². The average molecular weight is 294 g/mol. The van der Waals surface area contributed by atoms with Crippen LogP contribution in [0.15, 0.2) is 24.3 Å². The quantitative estimate of drug-likeness (QED) is 0.646. The van der Waals surface area contributed by atoms with Crippen LogP contribution in [-0.4, -0.2) is 11.7 Å². The lowest BCUT2D eigenvalue weighted by atomic mass is 9.77. The van der Waals surface area contributed by atoms with Gasteiger partial charge in [0.1, 0.15) is 0 Å². The van der Waals surface area contributed by atoms with E-state index in [0.29, 0.717) is 12.8 Å². The highest BCUT2D eigenvalue weighted by Crippen LogP contribution is 2.37. The fourth-order valence-corrected chi connectivity index (χ4v) is 3.35. The van der Waals surface area contributed by atoms with Crippen LogP contribution in [0.4, 0.5) is 8.78 Å². The molecule has 1 aliphatic rings. The van der Waals surface area contributed by atoms with E-state index < -0.39 is 11.7 Å². The number of benzene rings is 1. The van der Waals surface area contributed by atoms with E-state index in [0.717, 1.165) is 5.92 Å². The van der Waals surface area contributed by atoms with Crippen LogP contribution in [-0.2, 0) is 0 Å². The van der Waals surface area contributed by atoms with Gasteiger partial charge in [0.15, 0.2) is 0 Å². The molecular weight excluding hydrogens is 270 g/mol. The van der Waals surface area contributed by atoms with Gasteiger partial charge < -0.3 is 0 Å². The number of ketones is 1. The predicted octanol–water partition coefficient (Wildman–Crippen LogP) is 5.60. The molecule has 0 radical (unpaired) electrons. The Morgan fingerprint density at radius 3 is 2.19 bits per heavy atom. The van der Waals surface area contributed by atoms with E-state index in [1.165, 1.54) is 44.1 Å². The normalized spacial score (nSPS) is 23.0. The van der Waals surface area contributed by atoms with Gasteiger partial charge in [0.2, 0.25) is 5.78 Å². The molecule has 0 bridgehead atoms. The maximum Gasteiger partial charge on any atom is 0.307 e. The third kappa shape index (κ3) is 4.12. The lowest BCUT2D eigenvalue weighted by Gasteiger charge is -2.28. The number of hydrogen-bond acceptors (Lipinski definition) is 1. The highest BCUT2D eigenvalue weighted by atomic mass is 19.3. The van der Waals surface area contributed by atoms with Crippen molar-refractivity contribution < 1.29 is 13.6 Å². The van der Waals surface area contributed by atoms with E-state index in [1.807, 2.05) is 12.1 Å². The van der Waals surface area contributed by atoms with Crippen LogP contribution in [0.25, 0.3) is 0 Å². The van der Waals surface area contributed by atoms with Crippen molar-refractivity contribution in [3.63, 3.8) is 0 Å². The molecule has 1 saturated carbocycles. The van der Waals surface area contributed by atoms with Crippen molar-refractivity contribution in [2.75, 3.05) is 0 Å². The lowest BCUT2D eigenvalue weighted by molar-refractivity contribution is 0.0221. The molecule has 0 heterocycles. The molecule has 1 nitrogen and oxygen atoms in total. The molecule has 0 amide bonds. The molecule has 2 rings (SSSR count). The first-order chi connectivity index (χ1) is 9.91. The summed E-state index contributed by atoms with van der Waals surface area (Å²) in [6.45, 7) is 2.88. The summed E-state index contributed by atoms with van der Waals surface area (Å²) in [4.78, 5) is 11.5. The Balaban J connectivity index is 1.99. The third-order valence-electron chi connectivity index (χ3n) is 4.59. The predicted molar refractivity (Wildman–Crippen MR) is 81.0 cm³/mol. The first kappa shape index (κ1) is 16.1. The van der Waals surface area contributed by atoms with Crippen LogP contribution < -0.4 is 0 Å². The van der Waals surface area contributed by atoms with Crippen LogP contribution in [0.3, 0.4) is 0 Å². The maximum atomic E-state index is 13.0. The Bertz CT molecular complexity index is 465. The first-order valence-electron chi connectivity index (χ1n) is 7.94.